The third-order valence-electron chi connectivity index (χ3n) is 2.22. The Kier molecular flexibility index (Phi) is 5.12. The molecule has 17 heavy (non-hydrogen) atoms. The second-order valence-corrected chi connectivity index (χ2v) is 3.47. The highest BCUT2D eigenvalue weighted by molar-refractivity contribution is 5.84. The summed E-state index contributed by atoms with van der Waals surface area (Å²) in [7, 11) is 0. The zero-order chi connectivity index (χ0) is 12.7. The van der Waals surface area contributed by atoms with Crippen LogP contribution in [0.2, 0.25) is 0 Å². The highest BCUT2D eigenvalue weighted by atomic mass is 17.1. The Balaban J connectivity index is 2.70. The minimum Gasteiger partial charge on any atom is -0.350 e. The SMILES string of the molecule is [NH3+]CC(=O)N[C@H](Cc1ccccc1)C(=O)OO. The molecule has 1 aromatic carbocycles. The quantitative estimate of drug-likeness (QED) is 0.451. The summed E-state index contributed by atoms with van der Waals surface area (Å²) in [5.41, 5.74) is 4.26. The fourth-order valence-corrected chi connectivity index (χ4v) is 1.37. The van der Waals surface area contributed by atoms with Gasteiger partial charge in [-0.25, -0.2) is 4.79 Å². The van der Waals surface area contributed by atoms with E-state index in [4.69, 9.17) is 5.26 Å². The normalized spacial score (nSPS) is 11.6. The minimum atomic E-state index is -0.906. The molecule has 0 aromatic heterocycles. The molecule has 0 unspecified atom stereocenters. The number of carbonyl (C=O) groups is 2. The van der Waals surface area contributed by atoms with Crippen molar-refractivity contribution < 1.29 is 25.5 Å². The molecule has 0 radical (unpaired) electrons. The zero-order valence-electron chi connectivity index (χ0n) is 9.26. The summed E-state index contributed by atoms with van der Waals surface area (Å²) in [5, 5.41) is 10.8. The number of quaternary nitrogens is 1. The number of benzene rings is 1. The number of rotatable bonds is 5. The van der Waals surface area contributed by atoms with E-state index >= 15 is 0 Å². The van der Waals surface area contributed by atoms with Gasteiger partial charge in [-0.15, -0.1) is 0 Å². The molecule has 1 amide bonds. The molecule has 1 rings (SSSR count). The number of amides is 1. The summed E-state index contributed by atoms with van der Waals surface area (Å²) in [6.07, 6.45) is 0.256. The Labute approximate surface area is 98.3 Å². The van der Waals surface area contributed by atoms with Crippen molar-refractivity contribution in [3.8, 4) is 0 Å². The fourth-order valence-electron chi connectivity index (χ4n) is 1.37. The largest absolute Gasteiger partial charge is 0.364 e. The summed E-state index contributed by atoms with van der Waals surface area (Å²) in [5.74, 6) is -1.27. The van der Waals surface area contributed by atoms with E-state index in [0.717, 1.165) is 5.56 Å². The topological polar surface area (TPSA) is 103 Å². The summed E-state index contributed by atoms with van der Waals surface area (Å²) in [4.78, 5) is 26.1. The average molecular weight is 239 g/mol. The predicted octanol–water partition coefficient (Wildman–Crippen LogP) is -1.03. The minimum absolute atomic E-state index is 0.0179. The first-order chi connectivity index (χ1) is 8.17. The van der Waals surface area contributed by atoms with E-state index in [1.807, 2.05) is 30.3 Å². The fraction of sp³-hybridized carbons (Fsp3) is 0.273. The molecule has 0 fully saturated rings. The van der Waals surface area contributed by atoms with Gasteiger partial charge in [0.25, 0.3) is 5.91 Å². The average Bonchev–Trinajstić information content (AvgIpc) is 2.38. The van der Waals surface area contributed by atoms with Crippen molar-refractivity contribution in [2.24, 2.45) is 0 Å². The zero-order valence-corrected chi connectivity index (χ0v) is 9.26. The molecule has 0 heterocycles. The second-order valence-electron chi connectivity index (χ2n) is 3.47. The van der Waals surface area contributed by atoms with Gasteiger partial charge in [0.2, 0.25) is 0 Å². The van der Waals surface area contributed by atoms with Crippen LogP contribution in [-0.4, -0.2) is 29.7 Å². The smallest absolute Gasteiger partial charge is 0.350 e. The van der Waals surface area contributed by atoms with Crippen molar-refractivity contribution in [3.63, 3.8) is 0 Å². The van der Waals surface area contributed by atoms with E-state index in [0.29, 0.717) is 0 Å². The lowest BCUT2D eigenvalue weighted by Gasteiger charge is -2.14. The third kappa shape index (κ3) is 4.21. The van der Waals surface area contributed by atoms with Crippen molar-refractivity contribution in [3.05, 3.63) is 35.9 Å². The Morgan fingerprint density at radius 3 is 2.53 bits per heavy atom. The molecule has 92 valence electrons. The first kappa shape index (κ1) is 13.1. The van der Waals surface area contributed by atoms with Crippen LogP contribution in [0.25, 0.3) is 0 Å². The van der Waals surface area contributed by atoms with Gasteiger partial charge in [0.15, 0.2) is 6.54 Å². The molecule has 1 aromatic rings. The van der Waals surface area contributed by atoms with Crippen LogP contribution >= 0.6 is 0 Å². The van der Waals surface area contributed by atoms with Gasteiger partial charge in [0.05, 0.1) is 0 Å². The Bertz CT molecular complexity index is 380. The molecular formula is C11H15N2O4+. The number of nitrogens with one attached hydrogen (secondary N) is 1. The van der Waals surface area contributed by atoms with Gasteiger partial charge in [0, 0.05) is 6.42 Å². The molecule has 6 nitrogen and oxygen atoms in total. The second kappa shape index (κ2) is 6.62. The summed E-state index contributed by atoms with van der Waals surface area (Å²) >= 11 is 0. The van der Waals surface area contributed by atoms with Crippen molar-refractivity contribution in [1.29, 1.82) is 0 Å². The lowest BCUT2D eigenvalue weighted by Crippen LogP contribution is -2.59. The van der Waals surface area contributed by atoms with Crippen LogP contribution in [0.1, 0.15) is 5.56 Å². The van der Waals surface area contributed by atoms with Crippen LogP contribution in [0.5, 0.6) is 0 Å². The Hall–Kier alpha value is -1.92. The van der Waals surface area contributed by atoms with Gasteiger partial charge < -0.3 is 11.1 Å². The molecule has 0 aliphatic carbocycles. The van der Waals surface area contributed by atoms with Crippen LogP contribution in [0.3, 0.4) is 0 Å². The Morgan fingerprint density at radius 2 is 2.00 bits per heavy atom. The third-order valence-corrected chi connectivity index (χ3v) is 2.22. The van der Waals surface area contributed by atoms with Gasteiger partial charge in [-0.3, -0.25) is 9.68 Å². The van der Waals surface area contributed by atoms with E-state index < -0.39 is 12.0 Å². The summed E-state index contributed by atoms with van der Waals surface area (Å²) in [6.45, 7) is 0.0179. The summed E-state index contributed by atoms with van der Waals surface area (Å²) < 4.78 is 0. The highest BCUT2D eigenvalue weighted by Gasteiger charge is 2.22. The van der Waals surface area contributed by atoms with E-state index in [1.165, 1.54) is 0 Å². The lowest BCUT2D eigenvalue weighted by atomic mass is 10.1. The van der Waals surface area contributed by atoms with Gasteiger partial charge >= 0.3 is 5.97 Å². The van der Waals surface area contributed by atoms with E-state index in [2.05, 4.69) is 15.9 Å². The van der Waals surface area contributed by atoms with Crippen LogP contribution in [-0.2, 0) is 20.9 Å². The van der Waals surface area contributed by atoms with E-state index in [-0.39, 0.29) is 18.9 Å². The number of hydrogen-bond donors (Lipinski definition) is 3. The molecule has 0 aliphatic rings. The van der Waals surface area contributed by atoms with E-state index in [9.17, 15) is 9.59 Å². The molecule has 0 saturated heterocycles. The van der Waals surface area contributed by atoms with Crippen LogP contribution in [0.4, 0.5) is 0 Å². The monoisotopic (exact) mass is 239 g/mol. The molecule has 5 N–H and O–H groups in total. The molecule has 1 atom stereocenters. The van der Waals surface area contributed by atoms with Crippen molar-refractivity contribution >= 4 is 11.9 Å². The number of carbonyl (C=O) groups excluding carboxylic acids is 2. The van der Waals surface area contributed by atoms with Crippen LogP contribution in [0.15, 0.2) is 30.3 Å². The molecule has 0 aliphatic heterocycles. The van der Waals surface area contributed by atoms with Gasteiger partial charge in [-0.2, -0.15) is 5.26 Å². The van der Waals surface area contributed by atoms with Crippen LogP contribution < -0.4 is 11.1 Å². The lowest BCUT2D eigenvalue weighted by molar-refractivity contribution is -0.355. The molecule has 0 saturated carbocycles. The maximum absolute atomic E-state index is 11.3. The van der Waals surface area contributed by atoms with Gasteiger partial charge in [0.1, 0.15) is 6.04 Å². The summed E-state index contributed by atoms with van der Waals surface area (Å²) in [6, 6.07) is 8.20. The highest BCUT2D eigenvalue weighted by Crippen LogP contribution is 2.04. The molecular weight excluding hydrogens is 224 g/mol. The first-order valence-corrected chi connectivity index (χ1v) is 5.15. The van der Waals surface area contributed by atoms with Crippen molar-refractivity contribution in [2.45, 2.75) is 12.5 Å². The molecule has 6 heteroatoms. The maximum atomic E-state index is 11.3. The first-order valence-electron chi connectivity index (χ1n) is 5.15. The molecule has 0 bridgehead atoms. The van der Waals surface area contributed by atoms with Crippen molar-refractivity contribution in [2.75, 3.05) is 6.54 Å². The van der Waals surface area contributed by atoms with Crippen LogP contribution in [0, 0.1) is 0 Å². The van der Waals surface area contributed by atoms with Gasteiger partial charge in [-0.05, 0) is 5.56 Å². The van der Waals surface area contributed by atoms with Crippen molar-refractivity contribution in [1.82, 2.24) is 5.32 Å². The van der Waals surface area contributed by atoms with Gasteiger partial charge in [-0.1, -0.05) is 30.3 Å². The number of hydrogen-bond acceptors (Lipinski definition) is 4. The van der Waals surface area contributed by atoms with E-state index in [1.54, 1.807) is 0 Å². The molecule has 0 spiro atoms. The predicted molar refractivity (Wildman–Crippen MR) is 58.6 cm³/mol. The Morgan fingerprint density at radius 1 is 1.35 bits per heavy atom. The maximum Gasteiger partial charge on any atom is 0.364 e. The standard InChI is InChI=1S/C11H14N2O4/c12-7-10(14)13-9(11(15)17-16)6-8-4-2-1-3-5-8/h1-5,9,16H,6-7,12H2,(H,13,14)/p+1/t9-/m1/s1.